The number of rotatable bonds is 4. The molecule has 0 heterocycles. The number of unbranched alkanes of at least 4 members (excludes halogenated alkanes) is 2. The normalized spacial score (nSPS) is 8.42. The van der Waals surface area contributed by atoms with Crippen molar-refractivity contribution in [2.24, 2.45) is 0 Å². The van der Waals surface area contributed by atoms with Crippen molar-refractivity contribution in [3.63, 3.8) is 0 Å². The third-order valence-electron chi connectivity index (χ3n) is 1.26. The summed E-state index contributed by atoms with van der Waals surface area (Å²) in [6.07, 6.45) is 2.92. The second-order valence-electron chi connectivity index (χ2n) is 2.27. The lowest BCUT2D eigenvalue weighted by molar-refractivity contribution is -0.150. The molecule has 0 atom stereocenters. The van der Waals surface area contributed by atoms with Gasteiger partial charge in [-0.05, 0) is 6.42 Å². The number of amides is 1. The van der Waals surface area contributed by atoms with E-state index in [-0.39, 0.29) is 12.4 Å². The zero-order chi connectivity index (χ0) is 8.69. The van der Waals surface area contributed by atoms with Crippen molar-refractivity contribution in [1.82, 2.24) is 5.32 Å². The Morgan fingerprint density at radius 3 is 2.33 bits per heavy atom. The van der Waals surface area contributed by atoms with Crippen LogP contribution in [0.15, 0.2) is 0 Å². The standard InChI is InChI=1S/C7H13NO3.ClH/c1-2-3-4-5-8-6(9)7(10)11;/h2-5H2,1H3,(H,8,9)(H,10,11);1H. The van der Waals surface area contributed by atoms with Crippen LogP contribution in [0.25, 0.3) is 0 Å². The van der Waals surface area contributed by atoms with Gasteiger partial charge < -0.3 is 10.4 Å². The molecule has 1 amide bonds. The largest absolute Gasteiger partial charge is 0.474 e. The van der Waals surface area contributed by atoms with Gasteiger partial charge in [0.1, 0.15) is 0 Å². The predicted octanol–water partition coefficient (Wildman–Crippen LogP) is 0.799. The molecule has 2 N–H and O–H groups in total. The number of carbonyl (C=O) groups is 2. The summed E-state index contributed by atoms with van der Waals surface area (Å²) in [6.45, 7) is 2.50. The zero-order valence-corrected chi connectivity index (χ0v) is 7.82. The fourth-order valence-corrected chi connectivity index (χ4v) is 0.653. The minimum Gasteiger partial charge on any atom is -0.474 e. The monoisotopic (exact) mass is 195 g/mol. The van der Waals surface area contributed by atoms with E-state index in [1.54, 1.807) is 0 Å². The Morgan fingerprint density at radius 1 is 1.33 bits per heavy atom. The summed E-state index contributed by atoms with van der Waals surface area (Å²) in [6, 6.07) is 0. The Bertz CT molecular complexity index is 150. The van der Waals surface area contributed by atoms with Crippen molar-refractivity contribution in [1.29, 1.82) is 0 Å². The van der Waals surface area contributed by atoms with Crippen molar-refractivity contribution < 1.29 is 14.7 Å². The molecule has 0 saturated carbocycles. The summed E-state index contributed by atoms with van der Waals surface area (Å²) < 4.78 is 0. The van der Waals surface area contributed by atoms with E-state index in [4.69, 9.17) is 5.11 Å². The lowest BCUT2D eigenvalue weighted by Crippen LogP contribution is -2.31. The van der Waals surface area contributed by atoms with Crippen molar-refractivity contribution in [3.8, 4) is 0 Å². The van der Waals surface area contributed by atoms with E-state index in [9.17, 15) is 9.59 Å². The third kappa shape index (κ3) is 7.34. The van der Waals surface area contributed by atoms with Gasteiger partial charge in [-0.3, -0.25) is 4.79 Å². The van der Waals surface area contributed by atoms with Gasteiger partial charge in [-0.2, -0.15) is 0 Å². The summed E-state index contributed by atoms with van der Waals surface area (Å²) in [4.78, 5) is 20.3. The molecule has 12 heavy (non-hydrogen) atoms. The molecule has 0 aliphatic carbocycles. The Hall–Kier alpha value is -0.770. The smallest absolute Gasteiger partial charge is 0.394 e. The fourth-order valence-electron chi connectivity index (χ4n) is 0.653. The molecule has 0 aromatic rings. The first-order chi connectivity index (χ1) is 5.18. The summed E-state index contributed by atoms with van der Waals surface area (Å²) in [5.41, 5.74) is 0. The first-order valence-electron chi connectivity index (χ1n) is 3.69. The first-order valence-corrected chi connectivity index (χ1v) is 3.69. The fraction of sp³-hybridized carbons (Fsp3) is 0.714. The van der Waals surface area contributed by atoms with Crippen LogP contribution in [-0.2, 0) is 9.59 Å². The maximum absolute atomic E-state index is 10.4. The van der Waals surface area contributed by atoms with Gasteiger partial charge in [0.15, 0.2) is 0 Å². The third-order valence-corrected chi connectivity index (χ3v) is 1.26. The van der Waals surface area contributed by atoms with Crippen molar-refractivity contribution >= 4 is 24.3 Å². The van der Waals surface area contributed by atoms with Gasteiger partial charge in [-0.25, -0.2) is 4.79 Å². The van der Waals surface area contributed by atoms with E-state index in [2.05, 4.69) is 5.32 Å². The minimum atomic E-state index is -1.42. The van der Waals surface area contributed by atoms with Gasteiger partial charge in [0.05, 0.1) is 0 Å². The summed E-state index contributed by atoms with van der Waals surface area (Å²) in [5.74, 6) is -2.33. The molecular formula is C7H14ClNO3. The van der Waals surface area contributed by atoms with Crippen molar-refractivity contribution in [2.75, 3.05) is 6.54 Å². The van der Waals surface area contributed by atoms with Gasteiger partial charge in [-0.1, -0.05) is 19.8 Å². The molecule has 72 valence electrons. The van der Waals surface area contributed by atoms with E-state index in [0.717, 1.165) is 19.3 Å². The Labute approximate surface area is 77.7 Å². The lowest BCUT2D eigenvalue weighted by atomic mass is 10.2. The van der Waals surface area contributed by atoms with Crippen LogP contribution in [0, 0.1) is 0 Å². The Balaban J connectivity index is 0. The van der Waals surface area contributed by atoms with Crippen molar-refractivity contribution in [3.05, 3.63) is 0 Å². The molecule has 0 aliphatic heterocycles. The summed E-state index contributed by atoms with van der Waals surface area (Å²) >= 11 is 0. The average Bonchev–Trinajstić information content (AvgIpc) is 1.97. The lowest BCUT2D eigenvalue weighted by Gasteiger charge is -1.99. The average molecular weight is 196 g/mol. The quantitative estimate of drug-likeness (QED) is 0.515. The molecule has 0 aromatic carbocycles. The number of carbonyl (C=O) groups excluding carboxylic acids is 1. The topological polar surface area (TPSA) is 66.4 Å². The van der Waals surface area contributed by atoms with Crippen molar-refractivity contribution in [2.45, 2.75) is 26.2 Å². The predicted molar refractivity (Wildman–Crippen MR) is 47.4 cm³/mol. The summed E-state index contributed by atoms with van der Waals surface area (Å²) in [7, 11) is 0. The molecule has 0 aliphatic rings. The molecule has 0 unspecified atom stereocenters. The number of hydrogen-bond donors (Lipinski definition) is 2. The van der Waals surface area contributed by atoms with Gasteiger partial charge >= 0.3 is 11.9 Å². The number of halogens is 1. The highest BCUT2D eigenvalue weighted by atomic mass is 35.5. The van der Waals surface area contributed by atoms with Crippen LogP contribution in [-0.4, -0.2) is 23.5 Å². The molecule has 5 heteroatoms. The van der Waals surface area contributed by atoms with Crippen LogP contribution in [0.2, 0.25) is 0 Å². The van der Waals surface area contributed by atoms with E-state index >= 15 is 0 Å². The summed E-state index contributed by atoms with van der Waals surface area (Å²) in [5, 5.41) is 10.4. The van der Waals surface area contributed by atoms with Gasteiger partial charge in [-0.15, -0.1) is 12.4 Å². The number of carboxylic acids is 1. The number of aliphatic carboxylic acids is 1. The first kappa shape index (κ1) is 13.8. The maximum atomic E-state index is 10.4. The van der Waals surface area contributed by atoms with E-state index in [0.29, 0.717) is 6.54 Å². The molecule has 0 bridgehead atoms. The van der Waals surface area contributed by atoms with Gasteiger partial charge in [0, 0.05) is 6.54 Å². The van der Waals surface area contributed by atoms with E-state index < -0.39 is 11.9 Å². The minimum absolute atomic E-state index is 0. The molecule has 0 radical (unpaired) electrons. The second kappa shape index (κ2) is 8.33. The number of hydrogen-bond acceptors (Lipinski definition) is 2. The van der Waals surface area contributed by atoms with E-state index in [1.807, 2.05) is 6.92 Å². The number of nitrogens with one attached hydrogen (secondary N) is 1. The molecule has 4 nitrogen and oxygen atoms in total. The van der Waals surface area contributed by atoms with Gasteiger partial charge in [0.2, 0.25) is 0 Å². The molecule has 0 rings (SSSR count). The van der Waals surface area contributed by atoms with Crippen LogP contribution in [0.4, 0.5) is 0 Å². The van der Waals surface area contributed by atoms with Crippen LogP contribution >= 0.6 is 12.4 Å². The molecule has 0 aromatic heterocycles. The molecular weight excluding hydrogens is 182 g/mol. The van der Waals surface area contributed by atoms with Crippen LogP contribution in [0.1, 0.15) is 26.2 Å². The highest BCUT2D eigenvalue weighted by molar-refractivity contribution is 6.31. The van der Waals surface area contributed by atoms with Crippen LogP contribution in [0.3, 0.4) is 0 Å². The molecule has 0 saturated heterocycles. The second-order valence-corrected chi connectivity index (χ2v) is 2.27. The van der Waals surface area contributed by atoms with Crippen LogP contribution in [0.5, 0.6) is 0 Å². The zero-order valence-electron chi connectivity index (χ0n) is 7.00. The van der Waals surface area contributed by atoms with Crippen LogP contribution < -0.4 is 5.32 Å². The van der Waals surface area contributed by atoms with Gasteiger partial charge in [0.25, 0.3) is 0 Å². The Morgan fingerprint density at radius 2 is 1.92 bits per heavy atom. The highest BCUT2D eigenvalue weighted by Crippen LogP contribution is 1.90. The molecule has 0 spiro atoms. The maximum Gasteiger partial charge on any atom is 0.394 e. The van der Waals surface area contributed by atoms with E-state index in [1.165, 1.54) is 0 Å². The SMILES string of the molecule is CCCCCNC(=O)C(=O)O.Cl. The Kier molecular flexibility index (Phi) is 9.57. The highest BCUT2D eigenvalue weighted by Gasteiger charge is 2.08. The number of carboxylic acid groups (broad SMARTS) is 1. The molecule has 0 fully saturated rings.